The first-order valence-corrected chi connectivity index (χ1v) is 10.1. The summed E-state index contributed by atoms with van der Waals surface area (Å²) in [6.07, 6.45) is 0. The highest BCUT2D eigenvalue weighted by Gasteiger charge is 2.18. The van der Waals surface area contributed by atoms with Crippen molar-refractivity contribution in [3.63, 3.8) is 0 Å². The fourth-order valence-electron chi connectivity index (χ4n) is 2.45. The number of phosphoric acid groups is 1. The highest BCUT2D eigenvalue weighted by Crippen LogP contribution is 2.40. The van der Waals surface area contributed by atoms with Gasteiger partial charge in [0.25, 0.3) is 0 Å². The fourth-order valence-corrected chi connectivity index (χ4v) is 4.02. The number of hydrogen-bond donors (Lipinski definition) is 1. The van der Waals surface area contributed by atoms with E-state index in [1.54, 1.807) is 6.92 Å². The van der Waals surface area contributed by atoms with Gasteiger partial charge < -0.3 is 28.4 Å². The Morgan fingerprint density at radius 2 is 1.81 bits per heavy atom. The van der Waals surface area contributed by atoms with Crippen molar-refractivity contribution in [1.82, 2.24) is 0 Å². The highest BCUT2D eigenvalue weighted by atomic mass is 79.9. The smallest absolute Gasteiger partial charge is 0.196 e. The van der Waals surface area contributed by atoms with Crippen LogP contribution < -0.4 is 19.7 Å². The second kappa shape index (κ2) is 6.83. The lowest BCUT2D eigenvalue weighted by molar-refractivity contribution is -0.333. The van der Waals surface area contributed by atoms with Crippen LogP contribution in [0.3, 0.4) is 0 Å². The maximum Gasteiger partial charge on any atom is 0.196 e. The molecule has 1 N–H and O–H groups in total. The maximum absolute atomic E-state index is 12.7. The van der Waals surface area contributed by atoms with Gasteiger partial charge in [-0.15, -0.1) is 0 Å². The Kier molecular flexibility index (Phi) is 5.02. The number of para-hydroxylation sites is 1. The minimum Gasteiger partial charge on any atom is -0.780 e. The fraction of sp³-hybridized carbons (Fsp3) is 0.0625. The van der Waals surface area contributed by atoms with Crippen molar-refractivity contribution < 1.29 is 28.4 Å². The first-order valence-electron chi connectivity index (χ1n) is 7.05. The molecule has 7 nitrogen and oxygen atoms in total. The van der Waals surface area contributed by atoms with E-state index in [0.29, 0.717) is 14.5 Å². The first kappa shape index (κ1) is 19.1. The van der Waals surface area contributed by atoms with Gasteiger partial charge in [-0.1, -0.05) is 6.07 Å². The van der Waals surface area contributed by atoms with E-state index in [1.165, 1.54) is 30.3 Å². The molecule has 0 spiro atoms. The summed E-state index contributed by atoms with van der Waals surface area (Å²) >= 11 is 6.39. The lowest BCUT2D eigenvalue weighted by Gasteiger charge is -2.29. The molecular weight excluding hydrogens is 495 g/mol. The van der Waals surface area contributed by atoms with E-state index in [4.69, 9.17) is 4.42 Å². The monoisotopic (exact) mass is 502 g/mol. The summed E-state index contributed by atoms with van der Waals surface area (Å²) in [5.41, 5.74) is 0.149. The van der Waals surface area contributed by atoms with Crippen LogP contribution in [-0.2, 0) is 4.57 Å². The molecule has 1 heterocycles. The van der Waals surface area contributed by atoms with E-state index in [0.717, 1.165) is 0 Å². The molecular formula is C16H9Br2O7P-2. The summed E-state index contributed by atoms with van der Waals surface area (Å²) in [5.74, 6) is -0.255. The molecule has 10 heteroatoms. The third-order valence-electron chi connectivity index (χ3n) is 3.60. The van der Waals surface area contributed by atoms with Gasteiger partial charge in [0.05, 0.1) is 14.3 Å². The minimum atomic E-state index is -5.34. The summed E-state index contributed by atoms with van der Waals surface area (Å²) < 4.78 is 21.8. The number of benzene rings is 2. The van der Waals surface area contributed by atoms with Gasteiger partial charge in [-0.05, 0) is 63.0 Å². The van der Waals surface area contributed by atoms with Crippen molar-refractivity contribution >= 4 is 50.7 Å². The highest BCUT2D eigenvalue weighted by molar-refractivity contribution is 9.11. The lowest BCUT2D eigenvalue weighted by Crippen LogP contribution is -2.19. The molecule has 0 bridgehead atoms. The first-order chi connectivity index (χ1) is 12.1. The summed E-state index contributed by atoms with van der Waals surface area (Å²) in [4.78, 5) is 34.6. The standard InChI is InChI=1S/C16H11Br2O7P/c1-7-13(19)9-3-2-4-12(25-26(21,22)23)16(9)24-15(7)8-5-10(17)14(20)11(18)6-8/h2-6,20H,1H3,(H2,21,22,23)/p-2. The van der Waals surface area contributed by atoms with Gasteiger partial charge >= 0.3 is 0 Å². The van der Waals surface area contributed by atoms with Crippen LogP contribution in [0.1, 0.15) is 5.56 Å². The molecule has 0 atom stereocenters. The van der Waals surface area contributed by atoms with E-state index >= 15 is 0 Å². The topological polar surface area (TPSA) is 123 Å². The number of halogens is 2. The summed E-state index contributed by atoms with van der Waals surface area (Å²) in [6.45, 7) is 1.55. The van der Waals surface area contributed by atoms with Crippen LogP contribution in [0.5, 0.6) is 11.5 Å². The molecule has 0 radical (unpaired) electrons. The Balaban J connectivity index is 2.34. The number of phenols is 1. The zero-order valence-corrected chi connectivity index (χ0v) is 17.1. The van der Waals surface area contributed by atoms with Gasteiger partial charge in [-0.3, -0.25) is 4.79 Å². The second-order valence-electron chi connectivity index (χ2n) is 5.35. The number of rotatable bonds is 3. The Morgan fingerprint density at radius 3 is 2.38 bits per heavy atom. The Hall–Kier alpha value is -1.64. The minimum absolute atomic E-state index is 0.0304. The predicted octanol–water partition coefficient (Wildman–Crippen LogP) is 3.21. The molecule has 3 aromatic rings. The summed E-state index contributed by atoms with van der Waals surface area (Å²) in [7, 11) is -5.34. The lowest BCUT2D eigenvalue weighted by atomic mass is 10.1. The quantitative estimate of drug-likeness (QED) is 0.544. The van der Waals surface area contributed by atoms with Gasteiger partial charge in [0.1, 0.15) is 19.3 Å². The molecule has 0 fully saturated rings. The molecule has 0 saturated carbocycles. The molecule has 0 aliphatic carbocycles. The molecule has 0 amide bonds. The predicted molar refractivity (Wildman–Crippen MR) is 98.0 cm³/mol. The van der Waals surface area contributed by atoms with Crippen molar-refractivity contribution in [3.8, 4) is 22.8 Å². The zero-order chi connectivity index (χ0) is 19.2. The zero-order valence-electron chi connectivity index (χ0n) is 13.0. The number of fused-ring (bicyclic) bond motifs is 1. The van der Waals surface area contributed by atoms with Gasteiger partial charge in [-0.25, -0.2) is 0 Å². The van der Waals surface area contributed by atoms with Crippen molar-refractivity contribution in [2.45, 2.75) is 6.92 Å². The third kappa shape index (κ3) is 3.58. The van der Waals surface area contributed by atoms with E-state index in [-0.39, 0.29) is 33.8 Å². The Bertz CT molecular complexity index is 1110. The number of aromatic hydroxyl groups is 1. The van der Waals surface area contributed by atoms with Crippen LogP contribution in [0.15, 0.2) is 48.5 Å². The number of phosphoric ester groups is 1. The van der Waals surface area contributed by atoms with E-state index in [2.05, 4.69) is 36.4 Å². The Morgan fingerprint density at radius 1 is 1.19 bits per heavy atom. The van der Waals surface area contributed by atoms with Crippen LogP contribution in [-0.4, -0.2) is 5.11 Å². The van der Waals surface area contributed by atoms with Crippen LogP contribution >= 0.6 is 39.7 Å². The second-order valence-corrected chi connectivity index (χ2v) is 8.13. The number of hydrogen-bond acceptors (Lipinski definition) is 7. The average Bonchev–Trinajstić information content (AvgIpc) is 2.54. The third-order valence-corrected chi connectivity index (χ3v) is 5.23. The van der Waals surface area contributed by atoms with Crippen LogP contribution in [0.25, 0.3) is 22.3 Å². The number of phenolic OH excluding ortho intramolecular Hbond substituents is 1. The van der Waals surface area contributed by atoms with Crippen LogP contribution in [0, 0.1) is 6.92 Å². The molecule has 136 valence electrons. The van der Waals surface area contributed by atoms with Gasteiger partial charge in [-0.2, -0.15) is 0 Å². The van der Waals surface area contributed by atoms with Gasteiger partial charge in [0, 0.05) is 11.1 Å². The maximum atomic E-state index is 12.7. The molecule has 0 aliphatic rings. The van der Waals surface area contributed by atoms with Crippen LogP contribution in [0.2, 0.25) is 0 Å². The van der Waals surface area contributed by atoms with Crippen LogP contribution in [0.4, 0.5) is 0 Å². The molecule has 0 aliphatic heterocycles. The van der Waals surface area contributed by atoms with E-state index < -0.39 is 13.3 Å². The average molecular weight is 504 g/mol. The SMILES string of the molecule is Cc1c(-c2cc(Br)c(O)c(Br)c2)oc2c(OP(=O)([O-])[O-])cccc2c1=O. The van der Waals surface area contributed by atoms with Crippen molar-refractivity contribution in [2.24, 2.45) is 0 Å². The van der Waals surface area contributed by atoms with Crippen molar-refractivity contribution in [2.75, 3.05) is 0 Å². The molecule has 3 rings (SSSR count). The molecule has 0 saturated heterocycles. The summed E-state index contributed by atoms with van der Waals surface area (Å²) in [5, 5.41) is 9.92. The Labute approximate surface area is 163 Å². The largest absolute Gasteiger partial charge is 0.780 e. The van der Waals surface area contributed by atoms with E-state index in [9.17, 15) is 24.3 Å². The molecule has 2 aromatic carbocycles. The van der Waals surface area contributed by atoms with Gasteiger partial charge in [0.15, 0.2) is 16.8 Å². The normalized spacial score (nSPS) is 11.7. The summed E-state index contributed by atoms with van der Waals surface area (Å²) in [6, 6.07) is 7.11. The molecule has 1 aromatic heterocycles. The molecule has 26 heavy (non-hydrogen) atoms. The van der Waals surface area contributed by atoms with Crippen molar-refractivity contribution in [1.29, 1.82) is 0 Å². The van der Waals surface area contributed by atoms with Crippen molar-refractivity contribution in [3.05, 3.63) is 55.1 Å². The van der Waals surface area contributed by atoms with E-state index in [1.807, 2.05) is 0 Å². The van der Waals surface area contributed by atoms with Gasteiger partial charge in [0.2, 0.25) is 0 Å². The molecule has 0 unspecified atom stereocenters.